The van der Waals surface area contributed by atoms with Gasteiger partial charge in [-0.05, 0) is 47.9 Å². The lowest BCUT2D eigenvalue weighted by Gasteiger charge is -2.09. The second-order valence-electron chi connectivity index (χ2n) is 4.61. The monoisotopic (exact) mass is 186 g/mol. The topological polar surface area (TPSA) is 0 Å². The van der Waals surface area contributed by atoms with Gasteiger partial charge in [0.05, 0.1) is 0 Å². The molecule has 1 aromatic rings. The normalized spacial score (nSPS) is 15.9. The highest BCUT2D eigenvalue weighted by Crippen LogP contribution is 2.31. The van der Waals surface area contributed by atoms with Gasteiger partial charge in [-0.15, -0.1) is 0 Å². The molecule has 0 saturated heterocycles. The van der Waals surface area contributed by atoms with Gasteiger partial charge in [0.1, 0.15) is 7.85 Å². The fourth-order valence-corrected chi connectivity index (χ4v) is 2.65. The average Bonchev–Trinajstić information content (AvgIpc) is 2.54. The Bertz CT molecular complexity index is 308. The second-order valence-corrected chi connectivity index (χ2v) is 4.61. The van der Waals surface area contributed by atoms with Crippen LogP contribution in [0, 0.1) is 0 Å². The fourth-order valence-electron chi connectivity index (χ4n) is 2.65. The molecule has 14 heavy (non-hydrogen) atoms. The zero-order valence-corrected chi connectivity index (χ0v) is 9.56. The highest BCUT2D eigenvalue weighted by molar-refractivity contribution is 6.12. The van der Waals surface area contributed by atoms with Crippen molar-refractivity contribution in [1.82, 2.24) is 0 Å². The zero-order chi connectivity index (χ0) is 10.1. The van der Waals surface area contributed by atoms with Gasteiger partial charge in [-0.25, -0.2) is 0 Å². The molecule has 1 aromatic carbocycles. The van der Waals surface area contributed by atoms with Crippen molar-refractivity contribution in [2.24, 2.45) is 0 Å². The van der Waals surface area contributed by atoms with Crippen LogP contribution in [0.3, 0.4) is 0 Å². The maximum atomic E-state index is 2.46. The van der Waals surface area contributed by atoms with Gasteiger partial charge in [-0.3, -0.25) is 0 Å². The van der Waals surface area contributed by atoms with E-state index in [2.05, 4.69) is 33.8 Å². The van der Waals surface area contributed by atoms with E-state index in [4.69, 9.17) is 0 Å². The molecule has 0 heterocycles. The van der Waals surface area contributed by atoms with Gasteiger partial charge in [0.25, 0.3) is 0 Å². The average molecular weight is 186 g/mol. The molecule has 0 atom stereocenters. The Morgan fingerprint density at radius 2 is 1.50 bits per heavy atom. The van der Waals surface area contributed by atoms with Crippen molar-refractivity contribution in [2.75, 3.05) is 0 Å². The van der Waals surface area contributed by atoms with E-state index < -0.39 is 0 Å². The molecule has 0 fully saturated rings. The third kappa shape index (κ3) is 1.60. The van der Waals surface area contributed by atoms with Gasteiger partial charge >= 0.3 is 0 Å². The third-order valence-electron chi connectivity index (χ3n) is 3.42. The summed E-state index contributed by atoms with van der Waals surface area (Å²) in [6.45, 7) is 4.53. The van der Waals surface area contributed by atoms with Crippen LogP contribution in [-0.2, 0) is 25.7 Å². The minimum atomic E-state index is 0.863. The summed E-state index contributed by atoms with van der Waals surface area (Å²) in [7, 11) is 2.36. The molecule has 0 amide bonds. The molecule has 74 valence electrons. The first-order chi connectivity index (χ1) is 6.74. The lowest BCUT2D eigenvalue weighted by atomic mass is 9.85. The van der Waals surface area contributed by atoms with Crippen LogP contribution >= 0.6 is 0 Å². The molecule has 0 aliphatic heterocycles. The lowest BCUT2D eigenvalue weighted by molar-refractivity contribution is 0.904. The molecule has 1 aliphatic rings. The van der Waals surface area contributed by atoms with E-state index in [9.17, 15) is 0 Å². The molecule has 0 spiro atoms. The van der Waals surface area contributed by atoms with Gasteiger partial charge in [-0.1, -0.05) is 31.8 Å². The van der Waals surface area contributed by atoms with E-state index in [1.165, 1.54) is 25.7 Å². The minimum absolute atomic E-state index is 0.863. The van der Waals surface area contributed by atoms with Crippen LogP contribution in [0.2, 0.25) is 5.82 Å². The van der Waals surface area contributed by atoms with E-state index in [-0.39, 0.29) is 0 Å². The van der Waals surface area contributed by atoms with E-state index in [1.54, 1.807) is 22.3 Å². The van der Waals surface area contributed by atoms with Crippen LogP contribution < -0.4 is 0 Å². The van der Waals surface area contributed by atoms with Crippen molar-refractivity contribution in [3.8, 4) is 0 Å². The second kappa shape index (κ2) is 3.80. The van der Waals surface area contributed by atoms with E-state index >= 15 is 0 Å². The Balaban J connectivity index is 2.43. The number of fused-ring (bicyclic) bond motifs is 1. The molecule has 1 heteroatoms. The SMILES string of the molecule is BC1Cc2cc(CC)c(CC)cc2C1. The van der Waals surface area contributed by atoms with Crippen LogP contribution in [0.5, 0.6) is 0 Å². The Labute approximate surface area is 88.1 Å². The number of benzene rings is 1. The Morgan fingerprint density at radius 3 is 1.86 bits per heavy atom. The number of rotatable bonds is 2. The number of hydrogen-bond acceptors (Lipinski definition) is 0. The van der Waals surface area contributed by atoms with Crippen molar-refractivity contribution in [3.05, 3.63) is 34.4 Å². The van der Waals surface area contributed by atoms with Crippen molar-refractivity contribution in [2.45, 2.75) is 45.3 Å². The van der Waals surface area contributed by atoms with Crippen LogP contribution in [0.1, 0.15) is 36.1 Å². The molecule has 2 rings (SSSR count). The molecule has 0 nitrogen and oxygen atoms in total. The van der Waals surface area contributed by atoms with Gasteiger partial charge in [0.15, 0.2) is 0 Å². The molecule has 0 unspecified atom stereocenters. The van der Waals surface area contributed by atoms with E-state index in [1.807, 2.05) is 0 Å². The summed E-state index contributed by atoms with van der Waals surface area (Å²) < 4.78 is 0. The van der Waals surface area contributed by atoms with Crippen LogP contribution in [-0.4, -0.2) is 7.85 Å². The molecular formula is C13H19B. The number of aryl methyl sites for hydroxylation is 2. The van der Waals surface area contributed by atoms with Crippen molar-refractivity contribution >= 4 is 7.85 Å². The number of hydrogen-bond donors (Lipinski definition) is 0. The summed E-state index contributed by atoms with van der Waals surface area (Å²) in [5.74, 6) is 0.863. The van der Waals surface area contributed by atoms with Gasteiger partial charge in [0, 0.05) is 0 Å². The molecule has 0 saturated carbocycles. The summed E-state index contributed by atoms with van der Waals surface area (Å²) in [6.07, 6.45) is 4.97. The fraction of sp³-hybridized carbons (Fsp3) is 0.538. The van der Waals surface area contributed by atoms with E-state index in [0.29, 0.717) is 0 Å². The maximum absolute atomic E-state index is 2.46. The summed E-state index contributed by atoms with van der Waals surface area (Å²) in [6, 6.07) is 4.91. The van der Waals surface area contributed by atoms with Crippen LogP contribution in [0.25, 0.3) is 0 Å². The largest absolute Gasteiger partial charge is 0.106 e. The lowest BCUT2D eigenvalue weighted by Crippen LogP contribution is -1.94. The molecular weight excluding hydrogens is 167 g/mol. The molecule has 1 aliphatic carbocycles. The predicted molar refractivity (Wildman–Crippen MR) is 64.9 cm³/mol. The van der Waals surface area contributed by atoms with Crippen molar-refractivity contribution in [1.29, 1.82) is 0 Å². The smallest absolute Gasteiger partial charge is 0.0617 e. The summed E-state index contributed by atoms with van der Waals surface area (Å²) in [5.41, 5.74) is 6.37. The summed E-state index contributed by atoms with van der Waals surface area (Å²) in [5, 5.41) is 0. The molecule has 0 radical (unpaired) electrons. The molecule has 0 aromatic heterocycles. The highest BCUT2D eigenvalue weighted by atomic mass is 14.2. The quantitative estimate of drug-likeness (QED) is 0.622. The third-order valence-corrected chi connectivity index (χ3v) is 3.42. The first-order valence-electron chi connectivity index (χ1n) is 5.88. The molecule has 0 bridgehead atoms. The maximum Gasteiger partial charge on any atom is 0.106 e. The Morgan fingerprint density at radius 1 is 1.07 bits per heavy atom. The standard InChI is InChI=1S/C13H19B/c1-3-9-5-11-7-13(14)8-12(11)6-10(9)4-2/h5-6,13H,3-4,7-8,14H2,1-2H3. The van der Waals surface area contributed by atoms with Crippen molar-refractivity contribution < 1.29 is 0 Å². The minimum Gasteiger partial charge on any atom is -0.0617 e. The van der Waals surface area contributed by atoms with Gasteiger partial charge < -0.3 is 0 Å². The molecule has 0 N–H and O–H groups in total. The van der Waals surface area contributed by atoms with E-state index in [0.717, 1.165) is 5.82 Å². The summed E-state index contributed by atoms with van der Waals surface area (Å²) >= 11 is 0. The van der Waals surface area contributed by atoms with Crippen LogP contribution in [0.15, 0.2) is 12.1 Å². The first-order valence-corrected chi connectivity index (χ1v) is 5.88. The Hall–Kier alpha value is -0.715. The summed E-state index contributed by atoms with van der Waals surface area (Å²) in [4.78, 5) is 0. The van der Waals surface area contributed by atoms with Gasteiger partial charge in [-0.2, -0.15) is 0 Å². The first kappa shape index (κ1) is 9.83. The zero-order valence-electron chi connectivity index (χ0n) is 9.56. The van der Waals surface area contributed by atoms with Crippen LogP contribution in [0.4, 0.5) is 0 Å². The predicted octanol–water partition coefficient (Wildman–Crippen LogP) is 2.33. The highest BCUT2D eigenvalue weighted by Gasteiger charge is 2.18. The Kier molecular flexibility index (Phi) is 2.67. The van der Waals surface area contributed by atoms with Gasteiger partial charge in [0.2, 0.25) is 0 Å². The van der Waals surface area contributed by atoms with Crippen molar-refractivity contribution in [3.63, 3.8) is 0 Å².